The molecule has 1 heterocycles. The van der Waals surface area contributed by atoms with Crippen molar-refractivity contribution in [1.82, 2.24) is 14.7 Å². The molecule has 4 N–H and O–H groups in total. The van der Waals surface area contributed by atoms with Crippen LogP contribution in [0.15, 0.2) is 17.6 Å². The SMILES string of the molecule is NC(=S)C1CCCC1NS(=O)(=O)c1cnc[nH]1. The first-order valence-electron chi connectivity index (χ1n) is 5.31. The van der Waals surface area contributed by atoms with Crippen molar-refractivity contribution in [3.8, 4) is 0 Å². The molecule has 0 bridgehead atoms. The van der Waals surface area contributed by atoms with E-state index in [1.807, 2.05) is 0 Å². The first-order chi connectivity index (χ1) is 8.00. The van der Waals surface area contributed by atoms with Gasteiger partial charge in [0.25, 0.3) is 10.0 Å². The number of rotatable bonds is 4. The number of sulfonamides is 1. The van der Waals surface area contributed by atoms with E-state index in [0.29, 0.717) is 4.99 Å². The number of nitrogens with zero attached hydrogens (tertiary/aromatic N) is 1. The highest BCUT2D eigenvalue weighted by Crippen LogP contribution is 2.27. The van der Waals surface area contributed by atoms with E-state index in [1.165, 1.54) is 12.5 Å². The van der Waals surface area contributed by atoms with Gasteiger partial charge >= 0.3 is 0 Å². The van der Waals surface area contributed by atoms with E-state index in [1.54, 1.807) is 0 Å². The molecule has 17 heavy (non-hydrogen) atoms. The summed E-state index contributed by atoms with van der Waals surface area (Å²) in [5.41, 5.74) is 5.60. The third-order valence-corrected chi connectivity index (χ3v) is 4.67. The number of hydrogen-bond acceptors (Lipinski definition) is 4. The minimum Gasteiger partial charge on any atom is -0.393 e. The maximum absolute atomic E-state index is 12.0. The van der Waals surface area contributed by atoms with Gasteiger partial charge in [-0.2, -0.15) is 0 Å². The Morgan fingerprint density at radius 3 is 2.94 bits per heavy atom. The van der Waals surface area contributed by atoms with Crippen LogP contribution in [0.3, 0.4) is 0 Å². The highest BCUT2D eigenvalue weighted by Gasteiger charge is 2.33. The third kappa shape index (κ3) is 2.64. The highest BCUT2D eigenvalue weighted by atomic mass is 32.2. The number of imidazole rings is 1. The van der Waals surface area contributed by atoms with Crippen LogP contribution >= 0.6 is 12.2 Å². The monoisotopic (exact) mass is 274 g/mol. The van der Waals surface area contributed by atoms with Gasteiger partial charge in [-0.3, -0.25) is 0 Å². The van der Waals surface area contributed by atoms with Crippen molar-refractivity contribution in [3.05, 3.63) is 12.5 Å². The van der Waals surface area contributed by atoms with Gasteiger partial charge in [0.15, 0.2) is 5.03 Å². The van der Waals surface area contributed by atoms with Gasteiger partial charge in [-0.05, 0) is 12.8 Å². The summed E-state index contributed by atoms with van der Waals surface area (Å²) < 4.78 is 26.5. The molecule has 8 heteroatoms. The smallest absolute Gasteiger partial charge is 0.257 e. The molecule has 1 saturated carbocycles. The molecule has 0 radical (unpaired) electrons. The van der Waals surface area contributed by atoms with Crippen LogP contribution in [0.1, 0.15) is 19.3 Å². The molecular formula is C9H14N4O2S2. The summed E-state index contributed by atoms with van der Waals surface area (Å²) in [5.74, 6) is -0.0531. The van der Waals surface area contributed by atoms with E-state index >= 15 is 0 Å². The van der Waals surface area contributed by atoms with E-state index in [-0.39, 0.29) is 17.0 Å². The van der Waals surface area contributed by atoms with E-state index in [0.717, 1.165) is 19.3 Å². The molecule has 1 aliphatic rings. The maximum Gasteiger partial charge on any atom is 0.257 e. The molecule has 0 aromatic carbocycles. The summed E-state index contributed by atoms with van der Waals surface area (Å²) in [7, 11) is -3.55. The number of thiocarbonyl (C=S) groups is 1. The minimum atomic E-state index is -3.55. The van der Waals surface area contributed by atoms with Crippen molar-refractivity contribution in [3.63, 3.8) is 0 Å². The second kappa shape index (κ2) is 4.71. The van der Waals surface area contributed by atoms with Gasteiger partial charge in [-0.25, -0.2) is 18.1 Å². The average molecular weight is 274 g/mol. The molecule has 1 aliphatic carbocycles. The molecule has 0 amide bonds. The predicted octanol–water partition coefficient (Wildman–Crippen LogP) is 0.143. The summed E-state index contributed by atoms with van der Waals surface area (Å²) in [6, 6.07) is -0.208. The molecule has 1 aromatic heterocycles. The van der Waals surface area contributed by atoms with Crippen LogP contribution in [0.5, 0.6) is 0 Å². The number of nitrogens with one attached hydrogen (secondary N) is 2. The second-order valence-corrected chi connectivity index (χ2v) is 6.24. The van der Waals surface area contributed by atoms with Gasteiger partial charge in [-0.1, -0.05) is 18.6 Å². The summed E-state index contributed by atoms with van der Waals surface area (Å²) in [6.45, 7) is 0. The van der Waals surface area contributed by atoms with Gasteiger partial charge < -0.3 is 10.7 Å². The molecule has 2 rings (SSSR count). The van der Waals surface area contributed by atoms with Crippen molar-refractivity contribution in [2.75, 3.05) is 0 Å². The van der Waals surface area contributed by atoms with Gasteiger partial charge in [0.1, 0.15) is 0 Å². The zero-order chi connectivity index (χ0) is 12.5. The van der Waals surface area contributed by atoms with E-state index in [9.17, 15) is 8.42 Å². The van der Waals surface area contributed by atoms with Crippen LogP contribution in [0.4, 0.5) is 0 Å². The molecule has 0 aliphatic heterocycles. The molecule has 0 spiro atoms. The minimum absolute atomic E-state index is 0.0531. The fourth-order valence-corrected chi connectivity index (χ4v) is 3.59. The first-order valence-corrected chi connectivity index (χ1v) is 7.20. The van der Waals surface area contributed by atoms with Crippen LogP contribution in [0, 0.1) is 5.92 Å². The topological polar surface area (TPSA) is 101 Å². The van der Waals surface area contributed by atoms with Crippen LogP contribution in [0.2, 0.25) is 0 Å². The lowest BCUT2D eigenvalue weighted by atomic mass is 10.1. The Bertz CT molecular complexity index is 497. The molecule has 6 nitrogen and oxygen atoms in total. The zero-order valence-electron chi connectivity index (χ0n) is 9.09. The van der Waals surface area contributed by atoms with Gasteiger partial charge in [0, 0.05) is 12.0 Å². The Morgan fingerprint density at radius 2 is 2.35 bits per heavy atom. The van der Waals surface area contributed by atoms with Gasteiger partial charge in [0.2, 0.25) is 0 Å². The van der Waals surface area contributed by atoms with E-state index < -0.39 is 10.0 Å². The van der Waals surface area contributed by atoms with Crippen LogP contribution in [0.25, 0.3) is 0 Å². The van der Waals surface area contributed by atoms with Gasteiger partial charge in [0.05, 0.1) is 17.5 Å². The Kier molecular flexibility index (Phi) is 3.45. The first kappa shape index (κ1) is 12.5. The zero-order valence-corrected chi connectivity index (χ0v) is 10.7. The number of aromatic amines is 1. The largest absolute Gasteiger partial charge is 0.393 e. The van der Waals surface area contributed by atoms with Crippen molar-refractivity contribution >= 4 is 27.2 Å². The summed E-state index contributed by atoms with van der Waals surface area (Å²) >= 11 is 4.94. The Hall–Kier alpha value is -0.990. The van der Waals surface area contributed by atoms with E-state index in [4.69, 9.17) is 18.0 Å². The van der Waals surface area contributed by atoms with Crippen LogP contribution in [-0.4, -0.2) is 29.4 Å². The fraction of sp³-hybridized carbons (Fsp3) is 0.556. The second-order valence-electron chi connectivity index (χ2n) is 4.08. The summed E-state index contributed by atoms with van der Waals surface area (Å²) in [6.07, 6.45) is 5.13. The van der Waals surface area contributed by atoms with Crippen molar-refractivity contribution < 1.29 is 8.42 Å². The van der Waals surface area contributed by atoms with Gasteiger partial charge in [-0.15, -0.1) is 0 Å². The fourth-order valence-electron chi connectivity index (χ4n) is 2.09. The maximum atomic E-state index is 12.0. The van der Waals surface area contributed by atoms with Crippen molar-refractivity contribution in [1.29, 1.82) is 0 Å². The molecule has 1 fully saturated rings. The number of hydrogen-bond donors (Lipinski definition) is 3. The molecular weight excluding hydrogens is 260 g/mol. The quantitative estimate of drug-likeness (QED) is 0.678. The molecule has 2 unspecified atom stereocenters. The standard InChI is InChI=1S/C9H14N4O2S2/c10-9(16)6-2-1-3-7(6)13-17(14,15)8-4-11-5-12-8/h4-7,13H,1-3H2,(H2,10,16)(H,11,12). The number of nitrogens with two attached hydrogens (primary N) is 1. The lowest BCUT2D eigenvalue weighted by Crippen LogP contribution is -2.41. The molecule has 0 saturated heterocycles. The normalized spacial score (nSPS) is 24.9. The Balaban J connectivity index is 2.14. The Morgan fingerprint density at radius 1 is 1.59 bits per heavy atom. The van der Waals surface area contributed by atoms with Crippen LogP contribution in [-0.2, 0) is 10.0 Å². The number of aromatic nitrogens is 2. The third-order valence-electron chi connectivity index (χ3n) is 2.95. The molecule has 94 valence electrons. The van der Waals surface area contributed by atoms with Crippen molar-refractivity contribution in [2.24, 2.45) is 11.7 Å². The average Bonchev–Trinajstić information content (AvgIpc) is 2.85. The highest BCUT2D eigenvalue weighted by molar-refractivity contribution is 7.89. The Labute approximate surface area is 105 Å². The van der Waals surface area contributed by atoms with Crippen LogP contribution < -0.4 is 10.5 Å². The van der Waals surface area contributed by atoms with E-state index in [2.05, 4.69) is 14.7 Å². The lowest BCUT2D eigenvalue weighted by molar-refractivity contribution is 0.523. The lowest BCUT2D eigenvalue weighted by Gasteiger charge is -2.19. The number of H-pyrrole nitrogens is 1. The predicted molar refractivity (Wildman–Crippen MR) is 66.8 cm³/mol. The van der Waals surface area contributed by atoms with Crippen molar-refractivity contribution in [2.45, 2.75) is 30.3 Å². The molecule has 2 atom stereocenters. The summed E-state index contributed by atoms with van der Waals surface area (Å²) in [5, 5.41) is 0.0612. The summed E-state index contributed by atoms with van der Waals surface area (Å²) in [4.78, 5) is 6.64. The molecule has 1 aromatic rings.